The zero-order chi connectivity index (χ0) is 15.4. The largest absolute Gasteiger partial charge is 0.496 e. The molecular weight excluding hydrogens is 274 g/mol. The molecular formula is C15H17NO5. The number of hydrogen-bond acceptors (Lipinski definition) is 6. The van der Waals surface area contributed by atoms with E-state index in [-0.39, 0.29) is 5.70 Å². The van der Waals surface area contributed by atoms with Gasteiger partial charge >= 0.3 is 5.97 Å². The van der Waals surface area contributed by atoms with E-state index < -0.39 is 5.97 Å². The fourth-order valence-corrected chi connectivity index (χ4v) is 1.92. The topological polar surface area (TPSA) is 66.3 Å². The summed E-state index contributed by atoms with van der Waals surface area (Å²) in [5.41, 5.74) is 0.889. The summed E-state index contributed by atoms with van der Waals surface area (Å²) in [7, 11) is 4.62. The Labute approximate surface area is 123 Å². The summed E-state index contributed by atoms with van der Waals surface area (Å²) in [5, 5.41) is 0. The van der Waals surface area contributed by atoms with Gasteiger partial charge in [0, 0.05) is 18.1 Å². The summed E-state index contributed by atoms with van der Waals surface area (Å²) in [6.07, 6.45) is 2.16. The molecule has 1 aromatic carbocycles. The molecule has 0 spiro atoms. The van der Waals surface area contributed by atoms with Gasteiger partial charge in [-0.1, -0.05) is 6.92 Å². The minimum Gasteiger partial charge on any atom is -0.496 e. The van der Waals surface area contributed by atoms with Crippen LogP contribution < -0.4 is 14.2 Å². The maximum absolute atomic E-state index is 11.7. The van der Waals surface area contributed by atoms with Crippen molar-refractivity contribution in [1.82, 2.24) is 0 Å². The first-order chi connectivity index (χ1) is 10.1. The summed E-state index contributed by atoms with van der Waals surface area (Å²) in [6, 6.07) is 3.41. The second kappa shape index (κ2) is 6.30. The van der Waals surface area contributed by atoms with E-state index in [2.05, 4.69) is 4.99 Å². The van der Waals surface area contributed by atoms with Gasteiger partial charge in [-0.3, -0.25) is 0 Å². The Balaban J connectivity index is 2.48. The van der Waals surface area contributed by atoms with E-state index in [1.165, 1.54) is 7.11 Å². The molecule has 6 heteroatoms. The SMILES string of the molecule is CCC1=NC(=Cc2cc(OC)c(OC)cc2OC)C(=O)O1. The molecule has 6 nitrogen and oxygen atoms in total. The molecule has 0 radical (unpaired) electrons. The number of esters is 1. The second-order valence-corrected chi connectivity index (χ2v) is 4.23. The highest BCUT2D eigenvalue weighted by Gasteiger charge is 2.22. The lowest BCUT2D eigenvalue weighted by atomic mass is 10.1. The fraction of sp³-hybridized carbons (Fsp3) is 0.333. The maximum atomic E-state index is 11.7. The number of nitrogens with zero attached hydrogens (tertiary/aromatic N) is 1. The van der Waals surface area contributed by atoms with E-state index in [0.29, 0.717) is 35.1 Å². The van der Waals surface area contributed by atoms with Gasteiger partial charge in [0.1, 0.15) is 5.75 Å². The van der Waals surface area contributed by atoms with Crippen molar-refractivity contribution in [2.45, 2.75) is 13.3 Å². The smallest absolute Gasteiger partial charge is 0.363 e. The molecule has 112 valence electrons. The van der Waals surface area contributed by atoms with Crippen molar-refractivity contribution in [3.8, 4) is 17.2 Å². The van der Waals surface area contributed by atoms with E-state index in [0.717, 1.165) is 0 Å². The highest BCUT2D eigenvalue weighted by molar-refractivity contribution is 6.07. The molecule has 0 bridgehead atoms. The Bertz CT molecular complexity index is 619. The van der Waals surface area contributed by atoms with Gasteiger partial charge in [0.05, 0.1) is 21.3 Å². The molecule has 0 amide bonds. The second-order valence-electron chi connectivity index (χ2n) is 4.23. The highest BCUT2D eigenvalue weighted by atomic mass is 16.6. The number of carbonyl (C=O) groups excluding carboxylic acids is 1. The van der Waals surface area contributed by atoms with Gasteiger partial charge in [0.15, 0.2) is 23.1 Å². The van der Waals surface area contributed by atoms with Crippen molar-refractivity contribution < 1.29 is 23.7 Å². The molecule has 0 aromatic heterocycles. The van der Waals surface area contributed by atoms with Gasteiger partial charge in [-0.2, -0.15) is 0 Å². The van der Waals surface area contributed by atoms with Crippen LogP contribution in [0.4, 0.5) is 0 Å². The van der Waals surface area contributed by atoms with Crippen molar-refractivity contribution >= 4 is 17.9 Å². The van der Waals surface area contributed by atoms with Crippen molar-refractivity contribution in [2.24, 2.45) is 4.99 Å². The molecule has 0 aliphatic carbocycles. The Morgan fingerprint density at radius 1 is 1.10 bits per heavy atom. The van der Waals surface area contributed by atoms with Crippen molar-refractivity contribution in [3.63, 3.8) is 0 Å². The van der Waals surface area contributed by atoms with E-state index in [4.69, 9.17) is 18.9 Å². The normalized spacial score (nSPS) is 15.7. The Morgan fingerprint density at radius 2 is 1.71 bits per heavy atom. The number of rotatable bonds is 5. The highest BCUT2D eigenvalue weighted by Crippen LogP contribution is 2.36. The van der Waals surface area contributed by atoms with E-state index in [9.17, 15) is 4.79 Å². The summed E-state index contributed by atoms with van der Waals surface area (Å²) in [4.78, 5) is 15.9. The Hall–Kier alpha value is -2.50. The molecule has 0 fully saturated rings. The quantitative estimate of drug-likeness (QED) is 0.615. The number of cyclic esters (lactones) is 1. The molecule has 2 rings (SSSR count). The van der Waals surface area contributed by atoms with Crippen LogP contribution in [-0.2, 0) is 9.53 Å². The molecule has 0 atom stereocenters. The first-order valence-corrected chi connectivity index (χ1v) is 6.44. The average molecular weight is 291 g/mol. The molecule has 0 saturated heterocycles. The molecule has 1 aliphatic heterocycles. The summed E-state index contributed by atoms with van der Waals surface area (Å²) < 4.78 is 20.8. The summed E-state index contributed by atoms with van der Waals surface area (Å²) in [5.74, 6) is 1.57. The summed E-state index contributed by atoms with van der Waals surface area (Å²) in [6.45, 7) is 1.87. The van der Waals surface area contributed by atoms with Crippen molar-refractivity contribution in [2.75, 3.05) is 21.3 Å². The Kier molecular flexibility index (Phi) is 4.47. The molecule has 1 aliphatic rings. The third kappa shape index (κ3) is 2.99. The van der Waals surface area contributed by atoms with Crippen LogP contribution in [0.25, 0.3) is 6.08 Å². The number of carbonyl (C=O) groups is 1. The molecule has 21 heavy (non-hydrogen) atoms. The zero-order valence-corrected chi connectivity index (χ0v) is 12.4. The minimum atomic E-state index is -0.469. The molecule has 1 heterocycles. The first kappa shape index (κ1) is 14.9. The number of methoxy groups -OCH3 is 3. The average Bonchev–Trinajstić information content (AvgIpc) is 2.87. The maximum Gasteiger partial charge on any atom is 0.363 e. The standard InChI is InChI=1S/C15H17NO5/c1-5-14-16-10(15(17)21-14)6-9-7-12(19-3)13(20-4)8-11(9)18-2/h6-8H,5H2,1-4H3. The molecule has 0 unspecified atom stereocenters. The number of hydrogen-bond donors (Lipinski definition) is 0. The third-order valence-electron chi connectivity index (χ3n) is 3.00. The molecule has 0 N–H and O–H groups in total. The van der Waals surface area contributed by atoms with Gasteiger partial charge < -0.3 is 18.9 Å². The predicted octanol–water partition coefficient (Wildman–Crippen LogP) is 2.42. The number of ether oxygens (including phenoxy) is 4. The molecule has 0 saturated carbocycles. The van der Waals surface area contributed by atoms with Crippen LogP contribution >= 0.6 is 0 Å². The van der Waals surface area contributed by atoms with E-state index >= 15 is 0 Å². The summed E-state index contributed by atoms with van der Waals surface area (Å²) >= 11 is 0. The van der Waals surface area contributed by atoms with Gasteiger partial charge in [0.2, 0.25) is 0 Å². The van der Waals surface area contributed by atoms with E-state index in [1.807, 2.05) is 6.92 Å². The third-order valence-corrected chi connectivity index (χ3v) is 3.00. The fourth-order valence-electron chi connectivity index (χ4n) is 1.92. The van der Waals surface area contributed by atoms with Crippen molar-refractivity contribution in [3.05, 3.63) is 23.4 Å². The van der Waals surface area contributed by atoms with Gasteiger partial charge in [-0.25, -0.2) is 9.79 Å². The minimum absolute atomic E-state index is 0.234. The van der Waals surface area contributed by atoms with Gasteiger partial charge in [-0.15, -0.1) is 0 Å². The lowest BCUT2D eigenvalue weighted by Crippen LogP contribution is -2.02. The van der Waals surface area contributed by atoms with Crippen LogP contribution in [0, 0.1) is 0 Å². The first-order valence-electron chi connectivity index (χ1n) is 6.44. The van der Waals surface area contributed by atoms with Crippen LogP contribution in [0.2, 0.25) is 0 Å². The zero-order valence-electron chi connectivity index (χ0n) is 12.4. The lowest BCUT2D eigenvalue weighted by Gasteiger charge is -2.12. The number of benzene rings is 1. The molecule has 1 aromatic rings. The Morgan fingerprint density at radius 3 is 2.24 bits per heavy atom. The van der Waals surface area contributed by atoms with E-state index in [1.54, 1.807) is 32.4 Å². The van der Waals surface area contributed by atoms with Crippen LogP contribution in [-0.4, -0.2) is 33.2 Å². The van der Waals surface area contributed by atoms with Gasteiger partial charge in [-0.05, 0) is 12.1 Å². The van der Waals surface area contributed by atoms with Crippen LogP contribution in [0.1, 0.15) is 18.9 Å². The number of aliphatic imine (C=N–C) groups is 1. The van der Waals surface area contributed by atoms with Crippen LogP contribution in [0.5, 0.6) is 17.2 Å². The van der Waals surface area contributed by atoms with Crippen LogP contribution in [0.3, 0.4) is 0 Å². The van der Waals surface area contributed by atoms with Crippen LogP contribution in [0.15, 0.2) is 22.8 Å². The van der Waals surface area contributed by atoms with Gasteiger partial charge in [0.25, 0.3) is 0 Å². The van der Waals surface area contributed by atoms with Crippen molar-refractivity contribution in [1.29, 1.82) is 0 Å². The lowest BCUT2D eigenvalue weighted by molar-refractivity contribution is -0.130. The predicted molar refractivity (Wildman–Crippen MR) is 77.9 cm³/mol. The monoisotopic (exact) mass is 291 g/mol.